The van der Waals surface area contributed by atoms with Crippen LogP contribution in [0.1, 0.15) is 22.5 Å². The minimum absolute atomic E-state index is 0. The van der Waals surface area contributed by atoms with Crippen LogP contribution in [0, 0.1) is 5.92 Å². The summed E-state index contributed by atoms with van der Waals surface area (Å²) in [6.07, 6.45) is 2.04. The van der Waals surface area contributed by atoms with Crippen LogP contribution in [0.2, 0.25) is 0 Å². The first-order valence-corrected chi connectivity index (χ1v) is 10.6. The van der Waals surface area contributed by atoms with Crippen molar-refractivity contribution in [3.05, 3.63) is 16.3 Å². The Morgan fingerprint density at radius 3 is 2.84 bits per heavy atom. The molecule has 1 aromatic heterocycles. The molecule has 0 radical (unpaired) electrons. The third kappa shape index (κ3) is 4.93. The Balaban J connectivity index is 0.00000225. The fourth-order valence-corrected chi connectivity index (χ4v) is 5.75. The molecule has 2 saturated heterocycles. The average molecular weight is 410 g/mol. The van der Waals surface area contributed by atoms with Gasteiger partial charge in [0.1, 0.15) is 9.77 Å². The summed E-state index contributed by atoms with van der Waals surface area (Å²) >= 11 is 1.17. The van der Waals surface area contributed by atoms with Gasteiger partial charge < -0.3 is 15.4 Å². The number of halogens is 1. The minimum atomic E-state index is -3.64. The zero-order chi connectivity index (χ0) is 17.0. The van der Waals surface area contributed by atoms with Crippen molar-refractivity contribution < 1.29 is 17.9 Å². The number of amides is 1. The number of nitrogens with zero attached hydrogens (tertiary/aromatic N) is 1. The lowest BCUT2D eigenvalue weighted by atomic mass is 10.1. The number of rotatable bonds is 6. The molecular weight excluding hydrogens is 386 g/mol. The van der Waals surface area contributed by atoms with Crippen molar-refractivity contribution in [2.24, 2.45) is 5.92 Å². The molecule has 0 bridgehead atoms. The van der Waals surface area contributed by atoms with E-state index in [0.717, 1.165) is 25.9 Å². The van der Waals surface area contributed by atoms with Crippen LogP contribution in [-0.4, -0.2) is 64.6 Å². The van der Waals surface area contributed by atoms with Gasteiger partial charge in [-0.2, -0.15) is 4.31 Å². The van der Waals surface area contributed by atoms with Crippen molar-refractivity contribution >= 4 is 39.7 Å². The van der Waals surface area contributed by atoms with Crippen LogP contribution >= 0.6 is 23.7 Å². The molecule has 2 N–H and O–H groups in total. The van der Waals surface area contributed by atoms with Crippen molar-refractivity contribution in [1.82, 2.24) is 14.9 Å². The Kier molecular flexibility index (Phi) is 7.66. The van der Waals surface area contributed by atoms with Gasteiger partial charge in [-0.3, -0.25) is 4.79 Å². The van der Waals surface area contributed by atoms with Crippen molar-refractivity contribution in [2.45, 2.75) is 17.7 Å². The van der Waals surface area contributed by atoms with Crippen LogP contribution < -0.4 is 10.6 Å². The molecule has 1 aromatic rings. The first kappa shape index (κ1) is 20.6. The highest BCUT2D eigenvalue weighted by atomic mass is 35.5. The van der Waals surface area contributed by atoms with Gasteiger partial charge in [0.15, 0.2) is 0 Å². The maximum Gasteiger partial charge on any atom is 0.262 e. The van der Waals surface area contributed by atoms with Gasteiger partial charge in [-0.15, -0.1) is 23.7 Å². The van der Waals surface area contributed by atoms with Gasteiger partial charge in [-0.05, 0) is 43.3 Å². The van der Waals surface area contributed by atoms with Crippen LogP contribution in [0.5, 0.6) is 0 Å². The molecule has 0 aliphatic carbocycles. The van der Waals surface area contributed by atoms with E-state index < -0.39 is 10.0 Å². The van der Waals surface area contributed by atoms with E-state index in [1.165, 1.54) is 21.7 Å². The highest BCUT2D eigenvalue weighted by molar-refractivity contribution is 7.89. The standard InChI is InChI=1S/C15H23N3O4S2.ClH/c19-15(17-5-2-12-1-4-16-11-12)14-13(3-10-23-14)24(20,21)18-6-8-22-9-7-18;/h3,10,12,16H,1-2,4-9,11H2,(H,17,19);1H. The molecule has 10 heteroatoms. The van der Waals surface area contributed by atoms with Crippen LogP contribution in [0.3, 0.4) is 0 Å². The predicted octanol–water partition coefficient (Wildman–Crippen LogP) is 0.920. The molecule has 7 nitrogen and oxygen atoms in total. The van der Waals surface area contributed by atoms with E-state index in [1.807, 2.05) is 0 Å². The molecule has 3 rings (SSSR count). The molecule has 1 atom stereocenters. The summed E-state index contributed by atoms with van der Waals surface area (Å²) in [7, 11) is -3.64. The minimum Gasteiger partial charge on any atom is -0.379 e. The average Bonchev–Trinajstić information content (AvgIpc) is 3.27. The van der Waals surface area contributed by atoms with Crippen LogP contribution in [0.25, 0.3) is 0 Å². The van der Waals surface area contributed by atoms with Crippen molar-refractivity contribution in [3.8, 4) is 0 Å². The first-order valence-electron chi connectivity index (χ1n) is 8.23. The van der Waals surface area contributed by atoms with Crippen LogP contribution in [0.15, 0.2) is 16.3 Å². The number of ether oxygens (including phenoxy) is 1. The lowest BCUT2D eigenvalue weighted by Gasteiger charge is -2.26. The Hall–Kier alpha value is -0.710. The highest BCUT2D eigenvalue weighted by Crippen LogP contribution is 2.26. The smallest absolute Gasteiger partial charge is 0.262 e. The molecule has 142 valence electrons. The van der Waals surface area contributed by atoms with Gasteiger partial charge in [0.2, 0.25) is 10.0 Å². The van der Waals surface area contributed by atoms with Crippen molar-refractivity contribution in [3.63, 3.8) is 0 Å². The number of hydrogen-bond donors (Lipinski definition) is 2. The van der Waals surface area contributed by atoms with Crippen LogP contribution in [0.4, 0.5) is 0 Å². The van der Waals surface area contributed by atoms with E-state index >= 15 is 0 Å². The third-order valence-corrected chi connectivity index (χ3v) is 7.41. The summed E-state index contributed by atoms with van der Waals surface area (Å²) < 4.78 is 32.1. The second-order valence-corrected chi connectivity index (χ2v) is 8.86. The van der Waals surface area contributed by atoms with E-state index in [0.29, 0.717) is 38.8 Å². The molecule has 0 aromatic carbocycles. The number of nitrogens with one attached hydrogen (secondary N) is 2. The molecule has 2 aliphatic heterocycles. The number of hydrogen-bond acceptors (Lipinski definition) is 6. The third-order valence-electron chi connectivity index (χ3n) is 4.42. The van der Waals surface area contributed by atoms with Gasteiger partial charge in [-0.25, -0.2) is 8.42 Å². The summed E-state index contributed by atoms with van der Waals surface area (Å²) in [5.41, 5.74) is 0. The quantitative estimate of drug-likeness (QED) is 0.729. The molecule has 0 spiro atoms. The molecule has 25 heavy (non-hydrogen) atoms. The topological polar surface area (TPSA) is 87.7 Å². The summed E-state index contributed by atoms with van der Waals surface area (Å²) in [5.74, 6) is 0.285. The predicted molar refractivity (Wildman–Crippen MR) is 99.1 cm³/mol. The zero-order valence-corrected chi connectivity index (χ0v) is 16.4. The van der Waals surface area contributed by atoms with E-state index in [9.17, 15) is 13.2 Å². The number of thiophene rings is 1. The fourth-order valence-electron chi connectivity index (χ4n) is 3.02. The largest absolute Gasteiger partial charge is 0.379 e. The van der Waals surface area contributed by atoms with Gasteiger partial charge in [0.05, 0.1) is 13.2 Å². The molecule has 2 fully saturated rings. The fraction of sp³-hybridized carbons (Fsp3) is 0.667. The van der Waals surface area contributed by atoms with Crippen molar-refractivity contribution in [1.29, 1.82) is 0 Å². The summed E-state index contributed by atoms with van der Waals surface area (Å²) in [6.45, 7) is 4.03. The molecule has 1 amide bonds. The van der Waals surface area contributed by atoms with Gasteiger partial charge in [-0.1, -0.05) is 0 Å². The number of carbonyl (C=O) groups excluding carboxylic acids is 1. The zero-order valence-electron chi connectivity index (χ0n) is 13.9. The number of morpholine rings is 1. The maximum atomic E-state index is 12.7. The summed E-state index contributed by atoms with van der Waals surface area (Å²) in [4.78, 5) is 12.8. The monoisotopic (exact) mass is 409 g/mol. The van der Waals surface area contributed by atoms with E-state index in [-0.39, 0.29) is 28.1 Å². The van der Waals surface area contributed by atoms with Crippen LogP contribution in [-0.2, 0) is 14.8 Å². The number of carbonyl (C=O) groups is 1. The second-order valence-electron chi connectivity index (χ2n) is 6.03. The number of sulfonamides is 1. The highest BCUT2D eigenvalue weighted by Gasteiger charge is 2.31. The lowest BCUT2D eigenvalue weighted by Crippen LogP contribution is -2.41. The molecule has 1 unspecified atom stereocenters. The maximum absolute atomic E-state index is 12.7. The van der Waals surface area contributed by atoms with Crippen molar-refractivity contribution in [2.75, 3.05) is 45.9 Å². The second kappa shape index (κ2) is 9.29. The summed E-state index contributed by atoms with van der Waals surface area (Å²) in [5, 5.41) is 7.82. The molecule has 3 heterocycles. The van der Waals surface area contributed by atoms with E-state index in [1.54, 1.807) is 5.38 Å². The molecule has 0 saturated carbocycles. The van der Waals surface area contributed by atoms with Gasteiger partial charge in [0, 0.05) is 19.6 Å². The van der Waals surface area contributed by atoms with E-state index in [4.69, 9.17) is 4.74 Å². The van der Waals surface area contributed by atoms with Gasteiger partial charge in [0.25, 0.3) is 5.91 Å². The van der Waals surface area contributed by atoms with E-state index in [2.05, 4.69) is 10.6 Å². The Morgan fingerprint density at radius 1 is 1.40 bits per heavy atom. The summed E-state index contributed by atoms with van der Waals surface area (Å²) in [6, 6.07) is 1.52. The normalized spacial score (nSPS) is 21.7. The first-order chi connectivity index (χ1) is 11.6. The van der Waals surface area contributed by atoms with Gasteiger partial charge >= 0.3 is 0 Å². The lowest BCUT2D eigenvalue weighted by molar-refractivity contribution is 0.0730. The molecular formula is C15H24ClN3O4S2. The SMILES string of the molecule is Cl.O=C(NCCC1CCNC1)c1sccc1S(=O)(=O)N1CCOCC1. The molecule has 2 aliphatic rings. The Bertz CT molecular complexity index is 668. The Labute approximate surface area is 158 Å². The Morgan fingerprint density at radius 2 is 2.16 bits per heavy atom.